The molecule has 0 aromatic heterocycles. The molecule has 0 spiro atoms. The Balaban J connectivity index is 1.71. The molecule has 8 nitrogen and oxygen atoms in total. The summed E-state index contributed by atoms with van der Waals surface area (Å²) in [5.74, 6) is -1.48. The molecule has 4 rings (SSSR count). The van der Waals surface area contributed by atoms with Gasteiger partial charge in [0.1, 0.15) is 24.7 Å². The van der Waals surface area contributed by atoms with E-state index in [-0.39, 0.29) is 24.6 Å². The molecular formula is C31H30N2O6. The van der Waals surface area contributed by atoms with Crippen molar-refractivity contribution in [1.82, 2.24) is 4.90 Å². The normalized spacial score (nSPS) is 15.1. The summed E-state index contributed by atoms with van der Waals surface area (Å²) < 4.78 is 16.8. The summed E-state index contributed by atoms with van der Waals surface area (Å²) in [4.78, 5) is 46.0. The van der Waals surface area contributed by atoms with Crippen LogP contribution in [-0.2, 0) is 37.0 Å². The SMILES string of the molecule is CC(C)(C)OC(=O)N1C(c2ccccc2)=NC=C(C(=O)OCc2ccccc2)C1C(=O)OCc1ccccc1. The predicted molar refractivity (Wildman–Crippen MR) is 145 cm³/mol. The molecule has 1 aliphatic heterocycles. The molecule has 1 heterocycles. The molecular weight excluding hydrogens is 496 g/mol. The highest BCUT2D eigenvalue weighted by atomic mass is 16.6. The quantitative estimate of drug-likeness (QED) is 0.301. The first-order valence-electron chi connectivity index (χ1n) is 12.5. The lowest BCUT2D eigenvalue weighted by atomic mass is 10.0. The molecule has 3 aromatic carbocycles. The maximum Gasteiger partial charge on any atom is 0.417 e. The van der Waals surface area contributed by atoms with Crippen molar-refractivity contribution in [2.45, 2.75) is 45.6 Å². The largest absolute Gasteiger partial charge is 0.459 e. The van der Waals surface area contributed by atoms with Gasteiger partial charge in [-0.25, -0.2) is 24.3 Å². The van der Waals surface area contributed by atoms with E-state index in [1.54, 1.807) is 45.0 Å². The molecule has 0 aliphatic carbocycles. The number of hydrogen-bond donors (Lipinski definition) is 0. The zero-order valence-electron chi connectivity index (χ0n) is 22.1. The van der Waals surface area contributed by atoms with Crippen molar-refractivity contribution < 1.29 is 28.6 Å². The van der Waals surface area contributed by atoms with Crippen LogP contribution in [0.5, 0.6) is 0 Å². The van der Waals surface area contributed by atoms with E-state index in [9.17, 15) is 14.4 Å². The van der Waals surface area contributed by atoms with Crippen LogP contribution in [0.15, 0.2) is 108 Å². The first-order valence-corrected chi connectivity index (χ1v) is 12.5. The van der Waals surface area contributed by atoms with Gasteiger partial charge in [-0.2, -0.15) is 0 Å². The molecule has 1 aliphatic rings. The lowest BCUT2D eigenvalue weighted by Gasteiger charge is -2.35. The minimum atomic E-state index is -1.49. The maximum atomic E-state index is 13.6. The van der Waals surface area contributed by atoms with Gasteiger partial charge in [-0.05, 0) is 31.9 Å². The van der Waals surface area contributed by atoms with Crippen molar-refractivity contribution in [3.63, 3.8) is 0 Å². The highest BCUT2D eigenvalue weighted by Gasteiger charge is 2.45. The standard InChI is InChI=1S/C31H30N2O6/c1-31(2,3)39-30(36)33-26(29(35)38-21-23-15-9-5-10-16-23)25(19-32-27(33)24-17-11-6-12-18-24)28(34)37-20-22-13-7-4-8-14-22/h4-19,26H,20-21H2,1-3H3. The Morgan fingerprint density at radius 2 is 1.28 bits per heavy atom. The minimum absolute atomic E-state index is 0.0233. The summed E-state index contributed by atoms with van der Waals surface area (Å²) in [5, 5.41) is 0. The Morgan fingerprint density at radius 1 is 0.769 bits per heavy atom. The third-order valence-electron chi connectivity index (χ3n) is 5.62. The van der Waals surface area contributed by atoms with E-state index in [2.05, 4.69) is 4.99 Å². The van der Waals surface area contributed by atoms with Crippen molar-refractivity contribution in [3.8, 4) is 0 Å². The molecule has 8 heteroatoms. The smallest absolute Gasteiger partial charge is 0.417 e. The van der Waals surface area contributed by atoms with Gasteiger partial charge >= 0.3 is 18.0 Å². The summed E-state index contributed by atoms with van der Waals surface area (Å²) in [6.45, 7) is 5.05. The molecule has 1 unspecified atom stereocenters. The fraction of sp³-hybridized carbons (Fsp3) is 0.226. The number of hydrogen-bond acceptors (Lipinski definition) is 7. The van der Waals surface area contributed by atoms with E-state index in [4.69, 9.17) is 14.2 Å². The van der Waals surface area contributed by atoms with Crippen LogP contribution in [0, 0.1) is 0 Å². The average Bonchev–Trinajstić information content (AvgIpc) is 2.94. The molecule has 0 saturated heterocycles. The minimum Gasteiger partial charge on any atom is -0.459 e. The van der Waals surface area contributed by atoms with Crippen LogP contribution in [0.4, 0.5) is 4.79 Å². The topological polar surface area (TPSA) is 94.5 Å². The van der Waals surface area contributed by atoms with Gasteiger partial charge in [0.15, 0.2) is 6.04 Å². The van der Waals surface area contributed by atoms with Crippen LogP contribution in [0.2, 0.25) is 0 Å². The number of benzene rings is 3. The fourth-order valence-electron chi connectivity index (χ4n) is 3.84. The molecule has 0 fully saturated rings. The van der Waals surface area contributed by atoms with Crippen molar-refractivity contribution >= 4 is 23.9 Å². The van der Waals surface area contributed by atoms with Gasteiger partial charge in [-0.15, -0.1) is 0 Å². The number of nitrogens with zero attached hydrogens (tertiary/aromatic N) is 2. The first kappa shape index (κ1) is 27.3. The second-order valence-electron chi connectivity index (χ2n) is 9.81. The number of esters is 2. The van der Waals surface area contributed by atoms with Crippen LogP contribution in [0.3, 0.4) is 0 Å². The predicted octanol–water partition coefficient (Wildman–Crippen LogP) is 5.42. The molecule has 3 aromatic rings. The number of amides is 1. The summed E-state index contributed by atoms with van der Waals surface area (Å²) >= 11 is 0. The monoisotopic (exact) mass is 526 g/mol. The van der Waals surface area contributed by atoms with E-state index < -0.39 is 29.7 Å². The Kier molecular flexibility index (Phi) is 8.56. The van der Waals surface area contributed by atoms with E-state index in [0.717, 1.165) is 16.0 Å². The Morgan fingerprint density at radius 3 is 1.82 bits per heavy atom. The highest BCUT2D eigenvalue weighted by molar-refractivity contribution is 6.13. The third kappa shape index (κ3) is 7.19. The van der Waals surface area contributed by atoms with Crippen LogP contribution >= 0.6 is 0 Å². The number of aliphatic imine (C=N–C) groups is 1. The van der Waals surface area contributed by atoms with E-state index >= 15 is 0 Å². The second kappa shape index (κ2) is 12.2. The number of ether oxygens (including phenoxy) is 3. The third-order valence-corrected chi connectivity index (χ3v) is 5.62. The van der Waals surface area contributed by atoms with Gasteiger partial charge in [-0.3, -0.25) is 0 Å². The highest BCUT2D eigenvalue weighted by Crippen LogP contribution is 2.26. The molecule has 39 heavy (non-hydrogen) atoms. The van der Waals surface area contributed by atoms with Crippen molar-refractivity contribution in [3.05, 3.63) is 119 Å². The number of rotatable bonds is 7. The Labute approximate surface area is 227 Å². The maximum absolute atomic E-state index is 13.6. The molecule has 200 valence electrons. The van der Waals surface area contributed by atoms with Crippen LogP contribution in [0.25, 0.3) is 0 Å². The first-order chi connectivity index (χ1) is 18.7. The molecule has 1 amide bonds. The summed E-state index contributed by atoms with van der Waals surface area (Å²) in [7, 11) is 0. The summed E-state index contributed by atoms with van der Waals surface area (Å²) in [5.41, 5.74) is 1.04. The fourth-order valence-corrected chi connectivity index (χ4v) is 3.84. The average molecular weight is 527 g/mol. The van der Waals surface area contributed by atoms with Crippen LogP contribution < -0.4 is 0 Å². The number of amidine groups is 1. The molecule has 0 bridgehead atoms. The lowest BCUT2D eigenvalue weighted by molar-refractivity contribution is -0.152. The summed E-state index contributed by atoms with van der Waals surface area (Å²) in [6, 6.07) is 25.6. The van der Waals surface area contributed by atoms with Crippen LogP contribution in [0.1, 0.15) is 37.5 Å². The number of carbonyl (C=O) groups excluding carboxylic acids is 3. The van der Waals surface area contributed by atoms with E-state index in [1.165, 1.54) is 6.20 Å². The van der Waals surface area contributed by atoms with Crippen molar-refractivity contribution in [1.29, 1.82) is 0 Å². The van der Waals surface area contributed by atoms with Gasteiger partial charge in [0.25, 0.3) is 0 Å². The molecule has 0 N–H and O–H groups in total. The lowest BCUT2D eigenvalue weighted by Crippen LogP contribution is -2.54. The second-order valence-corrected chi connectivity index (χ2v) is 9.81. The Hall–Kier alpha value is -4.72. The van der Waals surface area contributed by atoms with Gasteiger partial charge in [0.2, 0.25) is 0 Å². The van der Waals surface area contributed by atoms with E-state index in [1.807, 2.05) is 66.7 Å². The van der Waals surface area contributed by atoms with Crippen molar-refractivity contribution in [2.24, 2.45) is 4.99 Å². The van der Waals surface area contributed by atoms with Gasteiger partial charge in [-0.1, -0.05) is 91.0 Å². The van der Waals surface area contributed by atoms with Gasteiger partial charge in [0, 0.05) is 11.8 Å². The van der Waals surface area contributed by atoms with Crippen LogP contribution in [-0.4, -0.2) is 40.4 Å². The van der Waals surface area contributed by atoms with E-state index in [0.29, 0.717) is 5.56 Å². The molecule has 1 atom stereocenters. The van der Waals surface area contributed by atoms with Crippen molar-refractivity contribution in [2.75, 3.05) is 0 Å². The zero-order chi connectivity index (χ0) is 27.8. The zero-order valence-corrected chi connectivity index (χ0v) is 22.1. The summed E-state index contributed by atoms with van der Waals surface area (Å²) in [6.07, 6.45) is 0.401. The molecule has 0 saturated carbocycles. The van der Waals surface area contributed by atoms with Gasteiger partial charge in [0.05, 0.1) is 5.57 Å². The Bertz CT molecular complexity index is 1360. The molecule has 0 radical (unpaired) electrons. The number of carbonyl (C=O) groups is 3. The van der Waals surface area contributed by atoms with Gasteiger partial charge < -0.3 is 14.2 Å².